The minimum atomic E-state index is 0.583. The van der Waals surface area contributed by atoms with E-state index in [2.05, 4.69) is 64.7 Å². The Kier molecular flexibility index (Phi) is 4.74. The Bertz CT molecular complexity index is 719. The molecule has 1 aromatic rings. The molecule has 0 radical (unpaired) electrons. The van der Waals surface area contributed by atoms with Crippen LogP contribution < -0.4 is 9.64 Å². The van der Waals surface area contributed by atoms with Crippen LogP contribution in [0.25, 0.3) is 0 Å². The van der Waals surface area contributed by atoms with Crippen LogP contribution in [0.4, 0.5) is 5.69 Å². The van der Waals surface area contributed by atoms with Gasteiger partial charge in [0.05, 0.1) is 17.8 Å². The molecular formula is C21H29NOS. The molecule has 1 aliphatic carbocycles. The molecule has 1 heterocycles. The molecule has 0 amide bonds. The number of nitrogens with zero attached hydrogens (tertiary/aromatic N) is 1. The van der Waals surface area contributed by atoms with E-state index in [1.54, 1.807) is 7.11 Å². The fraction of sp³-hybridized carbons (Fsp3) is 0.524. The SMILES string of the molecule is CCN1C(=C2C=CC(C)C(C)C2C)Sc2cc(OC)c(C)c(C)c21. The van der Waals surface area contributed by atoms with Crippen LogP contribution in [0.2, 0.25) is 0 Å². The number of methoxy groups -OCH3 is 1. The first-order valence-corrected chi connectivity index (χ1v) is 9.78. The van der Waals surface area contributed by atoms with E-state index in [0.29, 0.717) is 17.8 Å². The lowest BCUT2D eigenvalue weighted by Crippen LogP contribution is -2.25. The second-order valence-electron chi connectivity index (χ2n) is 7.15. The fourth-order valence-electron chi connectivity index (χ4n) is 3.83. The van der Waals surface area contributed by atoms with Crippen molar-refractivity contribution < 1.29 is 4.74 Å². The zero-order valence-corrected chi connectivity index (χ0v) is 16.8. The summed E-state index contributed by atoms with van der Waals surface area (Å²) in [6.07, 6.45) is 4.74. The molecule has 3 rings (SSSR count). The van der Waals surface area contributed by atoms with Crippen LogP contribution in [0, 0.1) is 31.6 Å². The lowest BCUT2D eigenvalue weighted by molar-refractivity contribution is 0.350. The molecule has 1 aromatic carbocycles. The van der Waals surface area contributed by atoms with E-state index in [-0.39, 0.29) is 0 Å². The Hall–Kier alpha value is -1.35. The highest BCUT2D eigenvalue weighted by molar-refractivity contribution is 8.03. The summed E-state index contributed by atoms with van der Waals surface area (Å²) in [6, 6.07) is 2.21. The molecule has 0 N–H and O–H groups in total. The van der Waals surface area contributed by atoms with Gasteiger partial charge >= 0.3 is 0 Å². The van der Waals surface area contributed by atoms with E-state index in [0.717, 1.165) is 12.3 Å². The lowest BCUT2D eigenvalue weighted by atomic mass is 9.76. The average molecular weight is 344 g/mol. The van der Waals surface area contributed by atoms with Gasteiger partial charge in [-0.15, -0.1) is 0 Å². The van der Waals surface area contributed by atoms with Crippen LogP contribution in [-0.4, -0.2) is 13.7 Å². The van der Waals surface area contributed by atoms with Gasteiger partial charge in [-0.1, -0.05) is 44.7 Å². The molecule has 0 spiro atoms. The topological polar surface area (TPSA) is 12.5 Å². The minimum absolute atomic E-state index is 0.583. The van der Waals surface area contributed by atoms with Crippen LogP contribution in [0.15, 0.2) is 33.7 Å². The molecule has 2 aliphatic rings. The number of hydrogen-bond donors (Lipinski definition) is 0. The van der Waals surface area contributed by atoms with Gasteiger partial charge in [0.2, 0.25) is 0 Å². The van der Waals surface area contributed by atoms with E-state index in [1.807, 2.05) is 11.8 Å². The third-order valence-corrected chi connectivity index (χ3v) is 7.16. The average Bonchev–Trinajstić information content (AvgIpc) is 2.94. The number of allylic oxidation sites excluding steroid dienone is 3. The Morgan fingerprint density at radius 1 is 1.17 bits per heavy atom. The molecule has 0 fully saturated rings. The van der Waals surface area contributed by atoms with Crippen molar-refractivity contribution in [2.24, 2.45) is 17.8 Å². The molecule has 130 valence electrons. The molecule has 3 atom stereocenters. The van der Waals surface area contributed by atoms with Crippen LogP contribution >= 0.6 is 11.8 Å². The zero-order valence-electron chi connectivity index (χ0n) is 15.9. The third-order valence-electron chi connectivity index (χ3n) is 5.98. The Labute approximate surface area is 151 Å². The van der Waals surface area contributed by atoms with Crippen molar-refractivity contribution in [1.29, 1.82) is 0 Å². The number of hydrogen-bond acceptors (Lipinski definition) is 3. The number of ether oxygens (including phenoxy) is 1. The van der Waals surface area contributed by atoms with Gasteiger partial charge in [-0.2, -0.15) is 0 Å². The van der Waals surface area contributed by atoms with Crippen molar-refractivity contribution in [3.05, 3.63) is 39.9 Å². The summed E-state index contributed by atoms with van der Waals surface area (Å²) in [6.45, 7) is 14.7. The zero-order chi connectivity index (χ0) is 17.6. The molecule has 3 unspecified atom stereocenters. The second-order valence-corrected chi connectivity index (χ2v) is 8.18. The van der Waals surface area contributed by atoms with Crippen molar-refractivity contribution >= 4 is 17.4 Å². The lowest BCUT2D eigenvalue weighted by Gasteiger charge is -2.32. The van der Waals surface area contributed by atoms with Crippen LogP contribution in [0.1, 0.15) is 38.8 Å². The maximum absolute atomic E-state index is 5.59. The van der Waals surface area contributed by atoms with Gasteiger partial charge in [0, 0.05) is 11.4 Å². The molecule has 0 aromatic heterocycles. The largest absolute Gasteiger partial charge is 0.496 e. The van der Waals surface area contributed by atoms with Gasteiger partial charge in [0.25, 0.3) is 0 Å². The Morgan fingerprint density at radius 2 is 1.88 bits per heavy atom. The molecule has 24 heavy (non-hydrogen) atoms. The van der Waals surface area contributed by atoms with E-state index in [4.69, 9.17) is 4.74 Å². The number of anilines is 1. The van der Waals surface area contributed by atoms with E-state index < -0.39 is 0 Å². The van der Waals surface area contributed by atoms with Crippen molar-refractivity contribution in [3.63, 3.8) is 0 Å². The molecule has 2 nitrogen and oxygen atoms in total. The van der Waals surface area contributed by atoms with Crippen LogP contribution in [0.3, 0.4) is 0 Å². The van der Waals surface area contributed by atoms with Crippen molar-refractivity contribution in [2.45, 2.75) is 46.4 Å². The Balaban J connectivity index is 2.15. The highest BCUT2D eigenvalue weighted by atomic mass is 32.2. The smallest absolute Gasteiger partial charge is 0.123 e. The van der Waals surface area contributed by atoms with E-state index >= 15 is 0 Å². The maximum atomic E-state index is 5.59. The van der Waals surface area contributed by atoms with Gasteiger partial charge < -0.3 is 9.64 Å². The normalized spacial score (nSPS) is 29.1. The van der Waals surface area contributed by atoms with E-state index in [1.165, 1.54) is 32.3 Å². The molecule has 0 bridgehead atoms. The summed E-state index contributed by atoms with van der Waals surface area (Å²) in [7, 11) is 1.76. The second kappa shape index (κ2) is 6.51. The van der Waals surface area contributed by atoms with Crippen molar-refractivity contribution in [1.82, 2.24) is 0 Å². The van der Waals surface area contributed by atoms with Gasteiger partial charge in [-0.3, -0.25) is 0 Å². The first-order valence-electron chi connectivity index (χ1n) is 8.96. The van der Waals surface area contributed by atoms with Gasteiger partial charge in [-0.25, -0.2) is 0 Å². The van der Waals surface area contributed by atoms with Crippen LogP contribution in [-0.2, 0) is 0 Å². The number of rotatable bonds is 2. The highest BCUT2D eigenvalue weighted by Gasteiger charge is 2.33. The number of fused-ring (bicyclic) bond motifs is 1. The minimum Gasteiger partial charge on any atom is -0.496 e. The predicted molar refractivity (Wildman–Crippen MR) is 105 cm³/mol. The van der Waals surface area contributed by atoms with Gasteiger partial charge in [0.1, 0.15) is 5.75 Å². The van der Waals surface area contributed by atoms with Gasteiger partial charge in [0.15, 0.2) is 0 Å². The summed E-state index contributed by atoms with van der Waals surface area (Å²) in [4.78, 5) is 3.83. The molecule has 3 heteroatoms. The quantitative estimate of drug-likeness (QED) is 0.660. The molecule has 0 saturated heterocycles. The summed E-state index contributed by atoms with van der Waals surface area (Å²) < 4.78 is 5.59. The summed E-state index contributed by atoms with van der Waals surface area (Å²) in [5, 5.41) is 1.41. The first kappa shape index (κ1) is 17.5. The van der Waals surface area contributed by atoms with Crippen LogP contribution in [0.5, 0.6) is 5.75 Å². The molecule has 0 saturated carbocycles. The number of thioether (sulfide) groups is 1. The number of benzene rings is 1. The summed E-state index contributed by atoms with van der Waals surface area (Å²) in [5.41, 5.74) is 5.44. The Morgan fingerprint density at radius 3 is 2.50 bits per heavy atom. The van der Waals surface area contributed by atoms with E-state index in [9.17, 15) is 0 Å². The summed E-state index contributed by atoms with van der Waals surface area (Å²) >= 11 is 1.91. The maximum Gasteiger partial charge on any atom is 0.123 e. The van der Waals surface area contributed by atoms with Crippen molar-refractivity contribution in [2.75, 3.05) is 18.6 Å². The predicted octanol–water partition coefficient (Wildman–Crippen LogP) is 5.93. The molecular weight excluding hydrogens is 314 g/mol. The first-order chi connectivity index (χ1) is 11.4. The summed E-state index contributed by atoms with van der Waals surface area (Å²) in [5.74, 6) is 2.91. The van der Waals surface area contributed by atoms with Gasteiger partial charge in [-0.05, 0) is 61.3 Å². The standard InChI is InChI=1S/C21H29NOS/c1-8-22-20-16(6)15(5)18(23-7)11-19(20)24-21(22)17-10-9-12(2)13(3)14(17)4/h9-14H,8H2,1-7H3. The van der Waals surface area contributed by atoms with Crippen molar-refractivity contribution in [3.8, 4) is 5.75 Å². The molecule has 1 aliphatic heterocycles. The highest BCUT2D eigenvalue weighted by Crippen LogP contribution is 2.53. The monoisotopic (exact) mass is 343 g/mol. The fourth-order valence-corrected chi connectivity index (χ4v) is 5.27. The third kappa shape index (κ3) is 2.57.